The average molecular weight is 781 g/mol. The standard InChI is InChI=1S/C35H45N3O11S3/c1-34(2)27-13-10-20-37(21-11-23-50(41,42)43)33(27)36-30(34)14-6-4-7-15-31-35(3,19-9-5-8-16-32(39)40)28-25-26(52(47,48)49)17-18-29(28)38(31)22-12-24-51(44,45)46/h4,6-7,10,13-15,17-18,20,25H,5,8-9,11-12,16,19,21-24H2,1-3H3,(H3-,39,40,41,42,43,44,45,46,47,48,49)/p+1. The van der Waals surface area contributed by atoms with Crippen LogP contribution >= 0.6 is 0 Å². The number of benzene rings is 1. The van der Waals surface area contributed by atoms with E-state index in [-0.39, 0.29) is 36.5 Å². The maximum absolute atomic E-state index is 12.1. The first-order valence-electron chi connectivity index (χ1n) is 16.8. The molecule has 2 aromatic rings. The molecule has 0 radical (unpaired) electrons. The molecule has 14 nitrogen and oxygen atoms in total. The van der Waals surface area contributed by atoms with Gasteiger partial charge in [-0.3, -0.25) is 18.5 Å². The fraction of sp³-hybridized carbons (Fsp3) is 0.457. The monoisotopic (exact) mass is 780 g/mol. The number of pyridine rings is 1. The van der Waals surface area contributed by atoms with E-state index in [1.54, 1.807) is 18.2 Å². The Hall–Kier alpha value is -3.74. The maximum atomic E-state index is 12.1. The van der Waals surface area contributed by atoms with E-state index in [4.69, 9.17) is 14.7 Å². The number of aliphatic carboxylic acids is 1. The van der Waals surface area contributed by atoms with Crippen LogP contribution in [0.4, 0.5) is 11.5 Å². The SMILES string of the molecule is CC1(C)C(C=CC=CC=C2N(CCCS(=O)(=O)O)c3ccc(S(=O)(=O)O)cc3C2(C)CCCCCC(=O)O)=Nc2c1ccc[n+]2CCCS(=O)(=O)O. The van der Waals surface area contributed by atoms with Gasteiger partial charge in [0.15, 0.2) is 5.71 Å². The van der Waals surface area contributed by atoms with Crippen LogP contribution in [-0.2, 0) is 52.5 Å². The first kappa shape index (κ1) is 41.0. The summed E-state index contributed by atoms with van der Waals surface area (Å²) in [5.74, 6) is -1.05. The highest BCUT2D eigenvalue weighted by Crippen LogP contribution is 2.51. The van der Waals surface area contributed by atoms with Gasteiger partial charge in [-0.25, -0.2) is 4.57 Å². The molecule has 0 spiro atoms. The third-order valence-corrected chi connectivity index (χ3v) is 11.9. The van der Waals surface area contributed by atoms with E-state index >= 15 is 0 Å². The first-order chi connectivity index (χ1) is 24.1. The van der Waals surface area contributed by atoms with Crippen molar-refractivity contribution in [2.24, 2.45) is 4.99 Å². The summed E-state index contributed by atoms with van der Waals surface area (Å²) in [5.41, 5.74) is 2.39. The fourth-order valence-corrected chi connectivity index (χ4v) is 8.28. The molecule has 4 rings (SSSR count). The lowest BCUT2D eigenvalue weighted by molar-refractivity contribution is -0.684. The van der Waals surface area contributed by atoms with Crippen LogP contribution in [0.5, 0.6) is 0 Å². The number of unbranched alkanes of at least 4 members (excludes halogenated alkanes) is 2. The number of fused-ring (bicyclic) bond motifs is 2. The van der Waals surface area contributed by atoms with Gasteiger partial charge in [-0.1, -0.05) is 31.1 Å². The predicted octanol–water partition coefficient (Wildman–Crippen LogP) is 4.95. The van der Waals surface area contributed by atoms with Crippen molar-refractivity contribution < 1.29 is 53.4 Å². The second kappa shape index (κ2) is 16.1. The summed E-state index contributed by atoms with van der Waals surface area (Å²) in [7, 11) is -12.9. The average Bonchev–Trinajstić information content (AvgIpc) is 3.41. The van der Waals surface area contributed by atoms with Gasteiger partial charge in [0.05, 0.1) is 40.1 Å². The quantitative estimate of drug-likeness (QED) is 0.0684. The zero-order chi connectivity index (χ0) is 38.5. The van der Waals surface area contributed by atoms with Crippen molar-refractivity contribution in [1.29, 1.82) is 0 Å². The number of carbonyl (C=O) groups is 1. The minimum Gasteiger partial charge on any atom is -0.481 e. The summed E-state index contributed by atoms with van der Waals surface area (Å²) in [6.45, 7) is 6.50. The van der Waals surface area contributed by atoms with Gasteiger partial charge in [-0.05, 0) is 93.1 Å². The van der Waals surface area contributed by atoms with Gasteiger partial charge in [-0.15, -0.1) is 0 Å². The minimum absolute atomic E-state index is 0.0148. The van der Waals surface area contributed by atoms with Crippen LogP contribution in [-0.4, -0.2) is 73.7 Å². The number of rotatable bonds is 18. The second-order valence-corrected chi connectivity index (χ2v) is 18.3. The smallest absolute Gasteiger partial charge is 0.327 e. The first-order valence-corrected chi connectivity index (χ1v) is 21.5. The van der Waals surface area contributed by atoms with E-state index < -0.39 is 52.9 Å². The van der Waals surface area contributed by atoms with E-state index in [1.807, 2.05) is 66.8 Å². The van der Waals surface area contributed by atoms with Crippen LogP contribution in [0, 0.1) is 0 Å². The number of aliphatic imine (C=N–C) groups is 1. The molecule has 0 saturated heterocycles. The van der Waals surface area contributed by atoms with E-state index in [1.165, 1.54) is 12.1 Å². The highest BCUT2D eigenvalue weighted by atomic mass is 32.2. The Labute approximate surface area is 305 Å². The predicted molar refractivity (Wildman–Crippen MR) is 197 cm³/mol. The van der Waals surface area contributed by atoms with E-state index in [0.717, 1.165) is 17.0 Å². The Morgan fingerprint density at radius 2 is 1.56 bits per heavy atom. The number of hydrogen-bond acceptors (Lipinski definition) is 9. The van der Waals surface area contributed by atoms with Crippen molar-refractivity contribution >= 4 is 53.5 Å². The summed E-state index contributed by atoms with van der Waals surface area (Å²) >= 11 is 0. The normalized spacial score (nSPS) is 19.5. The van der Waals surface area contributed by atoms with Crippen LogP contribution in [0.1, 0.15) is 76.8 Å². The molecule has 52 heavy (non-hydrogen) atoms. The molecular weight excluding hydrogens is 735 g/mol. The van der Waals surface area contributed by atoms with Gasteiger partial charge in [0, 0.05) is 36.2 Å². The molecule has 0 aliphatic carbocycles. The molecule has 17 heteroatoms. The van der Waals surface area contributed by atoms with Crippen molar-refractivity contribution in [3.8, 4) is 0 Å². The van der Waals surface area contributed by atoms with E-state index in [2.05, 4.69) is 0 Å². The van der Waals surface area contributed by atoms with Gasteiger partial charge < -0.3 is 10.0 Å². The Morgan fingerprint density at radius 1 is 0.865 bits per heavy atom. The molecule has 1 aromatic carbocycles. The number of aryl methyl sites for hydroxylation is 1. The zero-order valence-electron chi connectivity index (χ0n) is 29.3. The third kappa shape index (κ3) is 10.2. The lowest BCUT2D eigenvalue weighted by Gasteiger charge is -2.30. The van der Waals surface area contributed by atoms with Gasteiger partial charge in [0.2, 0.25) is 0 Å². The van der Waals surface area contributed by atoms with Gasteiger partial charge in [-0.2, -0.15) is 25.3 Å². The largest absolute Gasteiger partial charge is 0.481 e. The Bertz CT molecular complexity index is 2140. The highest BCUT2D eigenvalue weighted by Gasteiger charge is 2.44. The number of aromatic nitrogens is 1. The molecule has 2 aliphatic rings. The van der Waals surface area contributed by atoms with Crippen LogP contribution in [0.15, 0.2) is 82.5 Å². The van der Waals surface area contributed by atoms with E-state index in [9.17, 15) is 39.2 Å². The Balaban J connectivity index is 1.67. The molecule has 0 bridgehead atoms. The number of allylic oxidation sites excluding steroid dienone is 6. The van der Waals surface area contributed by atoms with Crippen molar-refractivity contribution in [3.05, 3.63) is 83.7 Å². The maximum Gasteiger partial charge on any atom is 0.327 e. The molecule has 4 N–H and O–H groups in total. The zero-order valence-corrected chi connectivity index (χ0v) is 31.8. The number of nitrogens with zero attached hydrogens (tertiary/aromatic N) is 3. The molecule has 2 aliphatic heterocycles. The van der Waals surface area contributed by atoms with Crippen LogP contribution in [0.25, 0.3) is 0 Å². The molecule has 0 saturated carbocycles. The molecule has 1 unspecified atom stereocenters. The fourth-order valence-electron chi connectivity index (χ4n) is 6.78. The third-order valence-electron chi connectivity index (χ3n) is 9.47. The van der Waals surface area contributed by atoms with Crippen molar-refractivity contribution in [2.45, 2.75) is 88.0 Å². The molecule has 0 amide bonds. The molecular formula is C35H46N3O11S3+. The van der Waals surface area contributed by atoms with Gasteiger partial charge in [0.1, 0.15) is 0 Å². The number of carboxylic acids is 1. The molecule has 0 fully saturated rings. The highest BCUT2D eigenvalue weighted by molar-refractivity contribution is 7.86. The summed E-state index contributed by atoms with van der Waals surface area (Å²) < 4.78 is 100. The molecule has 1 atom stereocenters. The molecule has 1 aromatic heterocycles. The lowest BCUT2D eigenvalue weighted by atomic mass is 9.77. The summed E-state index contributed by atoms with van der Waals surface area (Å²) in [6, 6.07) is 8.08. The summed E-state index contributed by atoms with van der Waals surface area (Å²) in [4.78, 5) is 17.5. The number of anilines is 1. The minimum atomic E-state index is -4.55. The Morgan fingerprint density at radius 3 is 2.21 bits per heavy atom. The van der Waals surface area contributed by atoms with Crippen LogP contribution in [0.3, 0.4) is 0 Å². The van der Waals surface area contributed by atoms with Gasteiger partial charge >= 0.3 is 11.8 Å². The van der Waals surface area contributed by atoms with Crippen molar-refractivity contribution in [3.63, 3.8) is 0 Å². The Kier molecular flexibility index (Phi) is 12.7. The number of hydrogen-bond donors (Lipinski definition) is 4. The summed E-state index contributed by atoms with van der Waals surface area (Å²) in [5, 5.41) is 9.08. The summed E-state index contributed by atoms with van der Waals surface area (Å²) in [6.07, 6.45) is 13.4. The molecule has 3 heterocycles. The topological polar surface area (TPSA) is 220 Å². The van der Waals surface area contributed by atoms with E-state index in [0.29, 0.717) is 49.3 Å². The molecule has 284 valence electrons. The van der Waals surface area contributed by atoms with Crippen LogP contribution < -0.4 is 9.47 Å². The lowest BCUT2D eigenvalue weighted by Crippen LogP contribution is -2.35. The van der Waals surface area contributed by atoms with Crippen molar-refractivity contribution in [2.75, 3.05) is 23.0 Å². The van der Waals surface area contributed by atoms with Crippen molar-refractivity contribution in [1.82, 2.24) is 0 Å². The second-order valence-electron chi connectivity index (χ2n) is 13.7. The number of carboxylic acid groups (broad SMARTS) is 1. The van der Waals surface area contributed by atoms with Crippen LogP contribution in [0.2, 0.25) is 0 Å². The van der Waals surface area contributed by atoms with Gasteiger partial charge in [0.25, 0.3) is 30.4 Å².